The molecular weight excluding hydrogens is 410 g/mol. The average molecular weight is 440 g/mol. The summed E-state index contributed by atoms with van der Waals surface area (Å²) in [5, 5.41) is 16.3. The fourth-order valence-electron chi connectivity index (χ4n) is 3.20. The minimum atomic E-state index is -0.210. The van der Waals surface area contributed by atoms with Crippen LogP contribution in [0.4, 0.5) is 16.3 Å². The standard InChI is InChI=1S/C22H29N7OS/c1-5-28(6-2)20-11-10-18(26-27-20)19-15-31-22(25-17-9-7-8-16(3)14-17)29(19)13-12-24-21(30)23-4/h7-11,14-15H,5-6,12-13H2,1-4H3,(H2,23,24,30). The normalized spacial score (nSPS) is 11.4. The van der Waals surface area contributed by atoms with Crippen molar-refractivity contribution in [2.45, 2.75) is 27.3 Å². The number of hydrogen-bond donors (Lipinski definition) is 2. The Morgan fingerprint density at radius 1 is 1.19 bits per heavy atom. The molecule has 0 fully saturated rings. The van der Waals surface area contributed by atoms with E-state index in [-0.39, 0.29) is 6.03 Å². The molecule has 2 heterocycles. The Hall–Kier alpha value is -3.20. The Balaban J connectivity index is 1.97. The van der Waals surface area contributed by atoms with E-state index in [0.29, 0.717) is 13.1 Å². The van der Waals surface area contributed by atoms with Crippen LogP contribution in [0.25, 0.3) is 11.4 Å². The second-order valence-corrected chi connectivity index (χ2v) is 7.80. The van der Waals surface area contributed by atoms with Crippen LogP contribution in [0.3, 0.4) is 0 Å². The Labute approximate surface area is 186 Å². The molecule has 0 aliphatic rings. The van der Waals surface area contributed by atoms with E-state index in [4.69, 9.17) is 4.99 Å². The molecule has 0 aliphatic heterocycles. The minimum Gasteiger partial charge on any atom is -0.356 e. The van der Waals surface area contributed by atoms with Crippen LogP contribution in [0.1, 0.15) is 19.4 Å². The van der Waals surface area contributed by atoms with E-state index in [2.05, 4.69) is 44.1 Å². The molecule has 3 aromatic rings. The summed E-state index contributed by atoms with van der Waals surface area (Å²) in [6.07, 6.45) is 0. The number of nitrogens with zero attached hydrogens (tertiary/aromatic N) is 5. The molecule has 0 aliphatic carbocycles. The third-order valence-electron chi connectivity index (χ3n) is 4.87. The third kappa shape index (κ3) is 5.69. The van der Waals surface area contributed by atoms with Crippen molar-refractivity contribution in [3.63, 3.8) is 0 Å². The number of carbonyl (C=O) groups is 1. The van der Waals surface area contributed by atoms with Crippen LogP contribution in [0.5, 0.6) is 0 Å². The summed E-state index contributed by atoms with van der Waals surface area (Å²) in [5.41, 5.74) is 3.75. The van der Waals surface area contributed by atoms with Gasteiger partial charge in [-0.2, -0.15) is 0 Å². The minimum absolute atomic E-state index is 0.210. The fraction of sp³-hybridized carbons (Fsp3) is 0.364. The van der Waals surface area contributed by atoms with E-state index in [1.807, 2.05) is 48.7 Å². The lowest BCUT2D eigenvalue weighted by atomic mass is 10.2. The fourth-order valence-corrected chi connectivity index (χ4v) is 4.14. The van der Waals surface area contributed by atoms with E-state index in [0.717, 1.165) is 46.3 Å². The molecule has 0 atom stereocenters. The van der Waals surface area contributed by atoms with Crippen molar-refractivity contribution in [2.75, 3.05) is 31.6 Å². The van der Waals surface area contributed by atoms with E-state index < -0.39 is 0 Å². The second-order valence-electron chi connectivity index (χ2n) is 6.96. The first-order chi connectivity index (χ1) is 15.0. The van der Waals surface area contributed by atoms with Crippen molar-refractivity contribution < 1.29 is 4.79 Å². The molecule has 0 saturated carbocycles. The Kier molecular flexibility index (Phi) is 7.77. The number of carbonyl (C=O) groups excluding carboxylic acids is 1. The monoisotopic (exact) mass is 439 g/mol. The largest absolute Gasteiger partial charge is 0.356 e. The molecule has 2 N–H and O–H groups in total. The van der Waals surface area contributed by atoms with Gasteiger partial charge in [0.05, 0.1) is 11.4 Å². The summed E-state index contributed by atoms with van der Waals surface area (Å²) in [4.78, 5) is 19.4. The molecule has 0 unspecified atom stereocenters. The van der Waals surface area contributed by atoms with Crippen molar-refractivity contribution in [1.82, 2.24) is 25.4 Å². The van der Waals surface area contributed by atoms with Crippen molar-refractivity contribution in [2.24, 2.45) is 4.99 Å². The Bertz CT molecular complexity index is 1070. The number of rotatable bonds is 8. The Morgan fingerprint density at radius 3 is 2.65 bits per heavy atom. The highest BCUT2D eigenvalue weighted by Crippen LogP contribution is 2.20. The third-order valence-corrected chi connectivity index (χ3v) is 5.74. The Morgan fingerprint density at radius 2 is 2.00 bits per heavy atom. The molecule has 0 radical (unpaired) electrons. The summed E-state index contributed by atoms with van der Waals surface area (Å²) in [6, 6.07) is 11.9. The lowest BCUT2D eigenvalue weighted by Gasteiger charge is -2.19. The summed E-state index contributed by atoms with van der Waals surface area (Å²) in [5.74, 6) is 0.862. The highest BCUT2D eigenvalue weighted by atomic mass is 32.1. The molecule has 31 heavy (non-hydrogen) atoms. The predicted octanol–water partition coefficient (Wildman–Crippen LogP) is 3.32. The van der Waals surface area contributed by atoms with Gasteiger partial charge >= 0.3 is 6.03 Å². The van der Waals surface area contributed by atoms with E-state index >= 15 is 0 Å². The van der Waals surface area contributed by atoms with Crippen molar-refractivity contribution in [1.29, 1.82) is 0 Å². The van der Waals surface area contributed by atoms with Gasteiger partial charge in [-0.05, 0) is 50.6 Å². The number of benzene rings is 1. The maximum absolute atomic E-state index is 11.6. The van der Waals surface area contributed by atoms with Crippen LogP contribution in [0.15, 0.2) is 46.8 Å². The molecule has 0 saturated heterocycles. The number of hydrogen-bond acceptors (Lipinski definition) is 6. The van der Waals surface area contributed by atoms with Gasteiger partial charge in [0.25, 0.3) is 0 Å². The van der Waals surface area contributed by atoms with Gasteiger partial charge in [0.1, 0.15) is 5.69 Å². The second kappa shape index (κ2) is 10.7. The maximum Gasteiger partial charge on any atom is 0.314 e. The van der Waals surface area contributed by atoms with Crippen LogP contribution < -0.4 is 20.3 Å². The van der Waals surface area contributed by atoms with E-state index in [9.17, 15) is 4.79 Å². The topological polar surface area (TPSA) is 87.4 Å². The summed E-state index contributed by atoms with van der Waals surface area (Å²) < 4.78 is 2.07. The number of thiazole rings is 1. The van der Waals surface area contributed by atoms with Gasteiger partial charge in [0, 0.05) is 38.6 Å². The van der Waals surface area contributed by atoms with Crippen LogP contribution in [-0.2, 0) is 6.54 Å². The van der Waals surface area contributed by atoms with Gasteiger partial charge < -0.3 is 20.1 Å². The van der Waals surface area contributed by atoms with Crippen molar-refractivity contribution in [3.8, 4) is 11.4 Å². The zero-order valence-electron chi connectivity index (χ0n) is 18.4. The summed E-state index contributed by atoms with van der Waals surface area (Å²) in [7, 11) is 1.60. The molecule has 1 aromatic carbocycles. The summed E-state index contributed by atoms with van der Waals surface area (Å²) >= 11 is 1.55. The van der Waals surface area contributed by atoms with Gasteiger partial charge in [-0.15, -0.1) is 21.5 Å². The number of urea groups is 1. The van der Waals surface area contributed by atoms with E-state index in [1.165, 1.54) is 0 Å². The first kappa shape index (κ1) is 22.5. The first-order valence-electron chi connectivity index (χ1n) is 10.4. The summed E-state index contributed by atoms with van der Waals surface area (Å²) in [6.45, 7) is 9.05. The smallest absolute Gasteiger partial charge is 0.314 e. The number of anilines is 1. The zero-order chi connectivity index (χ0) is 22.2. The van der Waals surface area contributed by atoms with Crippen molar-refractivity contribution >= 4 is 28.9 Å². The van der Waals surface area contributed by atoms with Crippen molar-refractivity contribution in [3.05, 3.63) is 52.1 Å². The van der Waals surface area contributed by atoms with Gasteiger partial charge in [-0.1, -0.05) is 12.1 Å². The maximum atomic E-state index is 11.6. The molecule has 2 aromatic heterocycles. The number of aromatic nitrogens is 3. The first-order valence-corrected chi connectivity index (χ1v) is 11.3. The number of amides is 2. The van der Waals surface area contributed by atoms with Gasteiger partial charge in [0.2, 0.25) is 0 Å². The highest BCUT2D eigenvalue weighted by molar-refractivity contribution is 7.07. The lowest BCUT2D eigenvalue weighted by molar-refractivity contribution is 0.242. The lowest BCUT2D eigenvalue weighted by Crippen LogP contribution is -2.36. The molecular formula is C22H29N7OS. The van der Waals surface area contributed by atoms with Crippen LogP contribution in [0, 0.1) is 6.92 Å². The average Bonchev–Trinajstić information content (AvgIpc) is 3.17. The molecule has 164 valence electrons. The van der Waals surface area contributed by atoms with Crippen LogP contribution in [0.2, 0.25) is 0 Å². The quantitative estimate of drug-likeness (QED) is 0.564. The van der Waals surface area contributed by atoms with Gasteiger partial charge in [-0.3, -0.25) is 0 Å². The van der Waals surface area contributed by atoms with E-state index in [1.54, 1.807) is 18.4 Å². The molecule has 3 rings (SSSR count). The molecule has 9 heteroatoms. The van der Waals surface area contributed by atoms with Crippen LogP contribution in [-0.4, -0.2) is 47.5 Å². The zero-order valence-corrected chi connectivity index (χ0v) is 19.2. The highest BCUT2D eigenvalue weighted by Gasteiger charge is 2.12. The predicted molar refractivity (Wildman–Crippen MR) is 126 cm³/mol. The molecule has 0 bridgehead atoms. The molecule has 8 nitrogen and oxygen atoms in total. The van der Waals surface area contributed by atoms with Crippen LogP contribution >= 0.6 is 11.3 Å². The number of nitrogens with one attached hydrogen (secondary N) is 2. The molecule has 2 amide bonds. The number of aryl methyl sites for hydroxylation is 1. The SMILES string of the molecule is CCN(CC)c1ccc(-c2csc(=Nc3cccc(C)c3)n2CCNC(=O)NC)nn1. The van der Waals surface area contributed by atoms with Gasteiger partial charge in [-0.25, -0.2) is 9.79 Å². The molecule has 0 spiro atoms. The van der Waals surface area contributed by atoms with Gasteiger partial charge in [0.15, 0.2) is 10.6 Å².